The van der Waals surface area contributed by atoms with Crippen molar-refractivity contribution in [3.05, 3.63) is 29.3 Å². The molecule has 108 valence electrons. The van der Waals surface area contributed by atoms with Gasteiger partial charge in [-0.2, -0.15) is 0 Å². The first-order valence-corrected chi connectivity index (χ1v) is 6.42. The Kier molecular flexibility index (Phi) is 6.18. The normalized spacial score (nSPS) is 12.8. The molecule has 0 heterocycles. The molecular formula is C14H21F2NO2. The van der Waals surface area contributed by atoms with Gasteiger partial charge in [-0.1, -0.05) is 13.8 Å². The van der Waals surface area contributed by atoms with Crippen molar-refractivity contribution in [2.75, 3.05) is 6.61 Å². The Morgan fingerprint density at radius 1 is 1.21 bits per heavy atom. The lowest BCUT2D eigenvalue weighted by atomic mass is 10.2. The van der Waals surface area contributed by atoms with Crippen molar-refractivity contribution in [3.63, 3.8) is 0 Å². The number of hydrogen-bond donors (Lipinski definition) is 2. The Morgan fingerprint density at radius 3 is 2.26 bits per heavy atom. The van der Waals surface area contributed by atoms with Crippen LogP contribution in [0.25, 0.3) is 0 Å². The molecule has 0 fully saturated rings. The van der Waals surface area contributed by atoms with Crippen molar-refractivity contribution >= 4 is 0 Å². The van der Waals surface area contributed by atoms with Gasteiger partial charge >= 0.3 is 0 Å². The minimum Gasteiger partial charge on any atom is -0.488 e. The van der Waals surface area contributed by atoms with E-state index < -0.39 is 17.7 Å². The van der Waals surface area contributed by atoms with Gasteiger partial charge in [-0.25, -0.2) is 8.78 Å². The smallest absolute Gasteiger partial charge is 0.190 e. The van der Waals surface area contributed by atoms with Crippen LogP contribution in [-0.2, 0) is 6.54 Å². The predicted octanol–water partition coefficient (Wildman–Crippen LogP) is 2.61. The molecule has 0 saturated heterocycles. The van der Waals surface area contributed by atoms with Crippen LogP contribution in [0.4, 0.5) is 8.78 Å². The number of aliphatic hydroxyl groups excluding tert-OH is 1. The van der Waals surface area contributed by atoms with Gasteiger partial charge in [0.2, 0.25) is 0 Å². The number of nitrogens with one attached hydrogen (secondary N) is 1. The van der Waals surface area contributed by atoms with Crippen molar-refractivity contribution in [1.29, 1.82) is 0 Å². The summed E-state index contributed by atoms with van der Waals surface area (Å²) in [7, 11) is 0. The van der Waals surface area contributed by atoms with Crippen LogP contribution in [-0.4, -0.2) is 23.9 Å². The second-order valence-corrected chi connectivity index (χ2v) is 4.91. The average Bonchev–Trinajstić information content (AvgIpc) is 2.29. The van der Waals surface area contributed by atoms with Gasteiger partial charge in [0, 0.05) is 19.0 Å². The topological polar surface area (TPSA) is 41.5 Å². The highest BCUT2D eigenvalue weighted by Gasteiger charge is 2.13. The highest BCUT2D eigenvalue weighted by Crippen LogP contribution is 2.23. The van der Waals surface area contributed by atoms with Gasteiger partial charge < -0.3 is 15.2 Å². The standard InChI is InChI=1S/C14H21F2NO2/c1-9(2)17-8-11-6-12(15)14(13(16)7-11)19-5-4-10(3)18/h6-7,9-10,17-18H,4-5,8H2,1-3H3. The number of hydrogen-bond acceptors (Lipinski definition) is 3. The van der Waals surface area contributed by atoms with E-state index in [4.69, 9.17) is 9.84 Å². The monoisotopic (exact) mass is 273 g/mol. The fraction of sp³-hybridized carbons (Fsp3) is 0.571. The molecule has 1 rings (SSSR count). The lowest BCUT2D eigenvalue weighted by Gasteiger charge is -2.12. The van der Waals surface area contributed by atoms with Gasteiger partial charge in [0.1, 0.15) is 0 Å². The van der Waals surface area contributed by atoms with Gasteiger partial charge in [0.15, 0.2) is 17.4 Å². The lowest BCUT2D eigenvalue weighted by Crippen LogP contribution is -2.22. The summed E-state index contributed by atoms with van der Waals surface area (Å²) in [6, 6.07) is 2.76. The third kappa shape index (κ3) is 5.53. The molecular weight excluding hydrogens is 252 g/mol. The molecule has 0 aliphatic carbocycles. The predicted molar refractivity (Wildman–Crippen MR) is 70.1 cm³/mol. The molecule has 0 amide bonds. The first-order chi connectivity index (χ1) is 8.90. The molecule has 1 atom stereocenters. The van der Waals surface area contributed by atoms with Gasteiger partial charge in [-0.3, -0.25) is 0 Å². The molecule has 0 aromatic heterocycles. The molecule has 5 heteroatoms. The van der Waals surface area contributed by atoms with Crippen LogP contribution in [0.2, 0.25) is 0 Å². The van der Waals surface area contributed by atoms with Crippen LogP contribution in [0.1, 0.15) is 32.8 Å². The van der Waals surface area contributed by atoms with E-state index in [0.717, 1.165) is 0 Å². The molecule has 0 radical (unpaired) electrons. The van der Waals surface area contributed by atoms with Crippen LogP contribution in [0, 0.1) is 11.6 Å². The van der Waals surface area contributed by atoms with Crippen LogP contribution in [0.3, 0.4) is 0 Å². The number of ether oxygens (including phenoxy) is 1. The molecule has 1 unspecified atom stereocenters. The molecule has 0 bridgehead atoms. The number of halogens is 2. The quantitative estimate of drug-likeness (QED) is 0.802. The highest BCUT2D eigenvalue weighted by atomic mass is 19.1. The molecule has 0 spiro atoms. The summed E-state index contributed by atoms with van der Waals surface area (Å²) >= 11 is 0. The van der Waals surface area contributed by atoms with E-state index in [1.165, 1.54) is 12.1 Å². The van der Waals surface area contributed by atoms with E-state index in [1.807, 2.05) is 13.8 Å². The molecule has 2 N–H and O–H groups in total. The van der Waals surface area contributed by atoms with Crippen molar-refractivity contribution in [1.82, 2.24) is 5.32 Å². The number of benzene rings is 1. The van der Waals surface area contributed by atoms with Gasteiger partial charge in [0.05, 0.1) is 12.7 Å². The van der Waals surface area contributed by atoms with Gasteiger partial charge in [0.25, 0.3) is 0 Å². The van der Waals surface area contributed by atoms with E-state index in [1.54, 1.807) is 6.92 Å². The Balaban J connectivity index is 2.68. The van der Waals surface area contributed by atoms with Crippen molar-refractivity contribution in [3.8, 4) is 5.75 Å². The summed E-state index contributed by atoms with van der Waals surface area (Å²) in [5.41, 5.74) is 0.534. The summed E-state index contributed by atoms with van der Waals surface area (Å²) in [6.07, 6.45) is -0.226. The van der Waals surface area contributed by atoms with Crippen LogP contribution >= 0.6 is 0 Å². The molecule has 0 saturated carbocycles. The zero-order chi connectivity index (χ0) is 14.4. The maximum atomic E-state index is 13.7. The molecule has 19 heavy (non-hydrogen) atoms. The van der Waals surface area contributed by atoms with E-state index in [2.05, 4.69) is 5.32 Å². The average molecular weight is 273 g/mol. The van der Waals surface area contributed by atoms with Crippen LogP contribution in [0.5, 0.6) is 5.75 Å². The van der Waals surface area contributed by atoms with Crippen molar-refractivity contribution in [2.45, 2.75) is 45.9 Å². The SMILES string of the molecule is CC(O)CCOc1c(F)cc(CNC(C)C)cc1F. The second kappa shape index (κ2) is 7.40. The summed E-state index contributed by atoms with van der Waals surface area (Å²) in [4.78, 5) is 0. The van der Waals surface area contributed by atoms with Gasteiger partial charge in [-0.15, -0.1) is 0 Å². The molecule has 0 aliphatic rings. The Labute approximate surface area is 112 Å². The molecule has 1 aromatic carbocycles. The summed E-state index contributed by atoms with van der Waals surface area (Å²) in [5, 5.41) is 12.1. The number of aliphatic hydroxyl groups is 1. The molecule has 3 nitrogen and oxygen atoms in total. The highest BCUT2D eigenvalue weighted by molar-refractivity contribution is 5.31. The Morgan fingerprint density at radius 2 is 1.79 bits per heavy atom. The molecule has 0 aliphatic heterocycles. The zero-order valence-corrected chi connectivity index (χ0v) is 11.5. The fourth-order valence-corrected chi connectivity index (χ4v) is 1.51. The summed E-state index contributed by atoms with van der Waals surface area (Å²) in [5.74, 6) is -1.81. The van der Waals surface area contributed by atoms with Crippen molar-refractivity contribution < 1.29 is 18.6 Å². The third-order valence-corrected chi connectivity index (χ3v) is 2.55. The lowest BCUT2D eigenvalue weighted by molar-refractivity contribution is 0.151. The number of rotatable bonds is 7. The zero-order valence-electron chi connectivity index (χ0n) is 11.5. The van der Waals surface area contributed by atoms with E-state index >= 15 is 0 Å². The van der Waals surface area contributed by atoms with Gasteiger partial charge in [-0.05, 0) is 24.6 Å². The van der Waals surface area contributed by atoms with E-state index in [0.29, 0.717) is 18.5 Å². The molecule has 1 aromatic rings. The third-order valence-electron chi connectivity index (χ3n) is 2.55. The van der Waals surface area contributed by atoms with Crippen molar-refractivity contribution in [2.24, 2.45) is 0 Å². The first kappa shape index (κ1) is 15.9. The van der Waals surface area contributed by atoms with Crippen LogP contribution < -0.4 is 10.1 Å². The first-order valence-electron chi connectivity index (χ1n) is 6.42. The van der Waals surface area contributed by atoms with Crippen LogP contribution in [0.15, 0.2) is 12.1 Å². The maximum Gasteiger partial charge on any atom is 0.190 e. The second-order valence-electron chi connectivity index (χ2n) is 4.91. The fourth-order valence-electron chi connectivity index (χ4n) is 1.51. The minimum absolute atomic E-state index is 0.0785. The summed E-state index contributed by atoms with van der Waals surface area (Å²) < 4.78 is 32.4. The van der Waals surface area contributed by atoms with E-state index in [9.17, 15) is 8.78 Å². The largest absolute Gasteiger partial charge is 0.488 e. The van der Waals surface area contributed by atoms with E-state index in [-0.39, 0.29) is 18.4 Å². The minimum atomic E-state index is -0.717. The Hall–Kier alpha value is -1.20. The maximum absolute atomic E-state index is 13.7. The Bertz CT molecular complexity index is 385. The summed E-state index contributed by atoms with van der Waals surface area (Å²) in [6.45, 7) is 5.99.